The molecule has 0 saturated carbocycles. The third-order valence-electron chi connectivity index (χ3n) is 5.44. The quantitative estimate of drug-likeness (QED) is 0.335. The van der Waals surface area contributed by atoms with Gasteiger partial charge in [-0.1, -0.05) is 54.6 Å². The van der Waals surface area contributed by atoms with Crippen LogP contribution in [0, 0.1) is 0 Å². The highest BCUT2D eigenvalue weighted by Crippen LogP contribution is 2.30. The molecule has 4 rings (SSSR count). The molecule has 0 aromatic heterocycles. The van der Waals surface area contributed by atoms with Crippen LogP contribution in [0.3, 0.4) is 0 Å². The van der Waals surface area contributed by atoms with Gasteiger partial charge in [-0.3, -0.25) is 4.79 Å². The first-order valence-electron chi connectivity index (χ1n) is 11.5. The predicted octanol–water partition coefficient (Wildman–Crippen LogP) is 3.58. The Labute approximate surface area is 212 Å². The Bertz CT molecular complexity index is 1230. The Morgan fingerprint density at radius 2 is 1.08 bits per heavy atom. The Hall–Kier alpha value is -4.50. The molecule has 0 radical (unpaired) electrons. The van der Waals surface area contributed by atoms with Crippen LogP contribution in [-0.2, 0) is 28.5 Å². The molecule has 0 spiro atoms. The monoisotopic (exact) mass is 504 g/mol. The van der Waals surface area contributed by atoms with Crippen LogP contribution in [0.1, 0.15) is 38.0 Å². The molecule has 1 fully saturated rings. The highest BCUT2D eigenvalue weighted by molar-refractivity contribution is 5.90. The first kappa shape index (κ1) is 25.6. The van der Waals surface area contributed by atoms with Crippen molar-refractivity contribution in [1.29, 1.82) is 0 Å². The predicted molar refractivity (Wildman–Crippen MR) is 128 cm³/mol. The maximum Gasteiger partial charge on any atom is 0.340 e. The van der Waals surface area contributed by atoms with E-state index < -0.39 is 48.5 Å². The summed E-state index contributed by atoms with van der Waals surface area (Å²) < 4.78 is 27.7. The van der Waals surface area contributed by atoms with E-state index in [1.165, 1.54) is 0 Å². The van der Waals surface area contributed by atoms with Gasteiger partial charge in [0.05, 0.1) is 16.7 Å². The molecule has 190 valence electrons. The second kappa shape index (κ2) is 12.0. The number of hydrogen-bond acceptors (Lipinski definition) is 9. The first-order valence-corrected chi connectivity index (χ1v) is 11.5. The van der Waals surface area contributed by atoms with Crippen molar-refractivity contribution in [2.75, 3.05) is 6.61 Å². The lowest BCUT2D eigenvalue weighted by atomic mass is 10.1. The Balaban J connectivity index is 1.57. The molecule has 3 aromatic carbocycles. The van der Waals surface area contributed by atoms with Crippen LogP contribution in [0.5, 0.6) is 0 Å². The molecule has 0 unspecified atom stereocenters. The maximum atomic E-state index is 12.9. The van der Waals surface area contributed by atoms with Gasteiger partial charge in [0.1, 0.15) is 12.7 Å². The number of carbonyl (C=O) groups is 4. The molecule has 0 aliphatic carbocycles. The van der Waals surface area contributed by atoms with Crippen LogP contribution in [-0.4, -0.2) is 55.1 Å². The summed E-state index contributed by atoms with van der Waals surface area (Å²) in [7, 11) is 0. The molecule has 9 nitrogen and oxygen atoms in total. The zero-order chi connectivity index (χ0) is 26.2. The van der Waals surface area contributed by atoms with E-state index in [0.717, 1.165) is 6.92 Å². The van der Waals surface area contributed by atoms with Gasteiger partial charge in [0.25, 0.3) is 0 Å². The SMILES string of the molecule is CC(=O)O[C@@H]1[C@H](OC(=O)c2ccccc2)O[C@H](COC(=O)c2ccccc2)[C@H]1OC(=O)c1ccccc1. The van der Waals surface area contributed by atoms with Gasteiger partial charge in [0, 0.05) is 6.92 Å². The Kier molecular flexibility index (Phi) is 8.27. The summed E-state index contributed by atoms with van der Waals surface area (Å²) in [5.74, 6) is -2.80. The van der Waals surface area contributed by atoms with E-state index in [-0.39, 0.29) is 17.7 Å². The summed E-state index contributed by atoms with van der Waals surface area (Å²) in [6, 6.07) is 24.6. The molecule has 1 heterocycles. The topological polar surface area (TPSA) is 114 Å². The van der Waals surface area contributed by atoms with Gasteiger partial charge in [-0.15, -0.1) is 0 Å². The van der Waals surface area contributed by atoms with Crippen molar-refractivity contribution < 1.29 is 42.9 Å². The van der Waals surface area contributed by atoms with Gasteiger partial charge in [-0.25, -0.2) is 14.4 Å². The van der Waals surface area contributed by atoms with Crippen LogP contribution in [0.25, 0.3) is 0 Å². The molecule has 0 N–H and O–H groups in total. The van der Waals surface area contributed by atoms with Gasteiger partial charge in [0.15, 0.2) is 6.10 Å². The molecule has 9 heteroatoms. The van der Waals surface area contributed by atoms with E-state index in [1.807, 2.05) is 0 Å². The largest absolute Gasteiger partial charge is 0.459 e. The van der Waals surface area contributed by atoms with Crippen molar-refractivity contribution in [2.45, 2.75) is 31.5 Å². The van der Waals surface area contributed by atoms with Crippen molar-refractivity contribution in [3.05, 3.63) is 108 Å². The number of ether oxygens (including phenoxy) is 5. The standard InChI is InChI=1S/C28H24O9/c1-18(29)34-24-23(36-26(31)20-13-7-3-8-14-20)22(17-33-25(30)19-11-5-2-6-12-19)35-28(24)37-27(32)21-15-9-4-10-16-21/h2-16,22-24,28H,17H2,1H3/t22-,23-,24+,28+/m1/s1. The first-order chi connectivity index (χ1) is 17.9. The number of rotatable bonds is 8. The molecule has 1 aliphatic heterocycles. The minimum absolute atomic E-state index is 0.240. The Morgan fingerprint density at radius 1 is 0.622 bits per heavy atom. The van der Waals surface area contributed by atoms with E-state index in [4.69, 9.17) is 23.7 Å². The summed E-state index contributed by atoms with van der Waals surface area (Å²) in [6.07, 6.45) is -5.07. The highest BCUT2D eigenvalue weighted by atomic mass is 16.8. The highest BCUT2D eigenvalue weighted by Gasteiger charge is 2.52. The van der Waals surface area contributed by atoms with Gasteiger partial charge in [-0.05, 0) is 36.4 Å². The zero-order valence-electron chi connectivity index (χ0n) is 19.9. The summed E-state index contributed by atoms with van der Waals surface area (Å²) in [4.78, 5) is 50.0. The fourth-order valence-electron chi connectivity index (χ4n) is 3.71. The second-order valence-electron chi connectivity index (χ2n) is 8.09. The molecular weight excluding hydrogens is 480 g/mol. The fraction of sp³-hybridized carbons (Fsp3) is 0.214. The average Bonchev–Trinajstić information content (AvgIpc) is 3.23. The van der Waals surface area contributed by atoms with E-state index in [9.17, 15) is 19.2 Å². The molecule has 1 saturated heterocycles. The zero-order valence-corrected chi connectivity index (χ0v) is 19.9. The van der Waals surface area contributed by atoms with E-state index in [2.05, 4.69) is 0 Å². The van der Waals surface area contributed by atoms with Crippen LogP contribution in [0.2, 0.25) is 0 Å². The van der Waals surface area contributed by atoms with Crippen LogP contribution in [0.15, 0.2) is 91.0 Å². The van der Waals surface area contributed by atoms with Crippen molar-refractivity contribution in [2.24, 2.45) is 0 Å². The Morgan fingerprint density at radius 3 is 1.57 bits per heavy atom. The van der Waals surface area contributed by atoms with Gasteiger partial charge in [-0.2, -0.15) is 0 Å². The normalized spacial score (nSPS) is 20.5. The van der Waals surface area contributed by atoms with Gasteiger partial charge < -0.3 is 23.7 Å². The molecule has 4 atom stereocenters. The summed E-state index contributed by atoms with van der Waals surface area (Å²) in [6.45, 7) is 0.798. The maximum absolute atomic E-state index is 12.9. The lowest BCUT2D eigenvalue weighted by molar-refractivity contribution is -0.172. The minimum atomic E-state index is -1.43. The molecule has 0 amide bonds. The number of hydrogen-bond donors (Lipinski definition) is 0. The molecule has 37 heavy (non-hydrogen) atoms. The van der Waals surface area contributed by atoms with Crippen LogP contribution >= 0.6 is 0 Å². The van der Waals surface area contributed by atoms with Crippen LogP contribution < -0.4 is 0 Å². The van der Waals surface area contributed by atoms with Crippen molar-refractivity contribution in [3.63, 3.8) is 0 Å². The van der Waals surface area contributed by atoms with E-state index in [0.29, 0.717) is 5.56 Å². The van der Waals surface area contributed by atoms with Crippen molar-refractivity contribution in [1.82, 2.24) is 0 Å². The van der Waals surface area contributed by atoms with Crippen molar-refractivity contribution in [3.8, 4) is 0 Å². The van der Waals surface area contributed by atoms with E-state index in [1.54, 1.807) is 91.0 Å². The van der Waals surface area contributed by atoms with Gasteiger partial charge >= 0.3 is 23.9 Å². The fourth-order valence-corrected chi connectivity index (χ4v) is 3.71. The molecule has 0 bridgehead atoms. The number of esters is 4. The second-order valence-corrected chi connectivity index (χ2v) is 8.09. The molecule has 3 aromatic rings. The minimum Gasteiger partial charge on any atom is -0.459 e. The molecule has 1 aliphatic rings. The van der Waals surface area contributed by atoms with Gasteiger partial charge in [0.2, 0.25) is 12.4 Å². The van der Waals surface area contributed by atoms with Crippen LogP contribution in [0.4, 0.5) is 0 Å². The van der Waals surface area contributed by atoms with E-state index >= 15 is 0 Å². The average molecular weight is 504 g/mol. The summed E-state index contributed by atoms with van der Waals surface area (Å²) in [5, 5.41) is 0. The summed E-state index contributed by atoms with van der Waals surface area (Å²) in [5.41, 5.74) is 0.792. The lowest BCUT2D eigenvalue weighted by Crippen LogP contribution is -2.42. The van der Waals surface area contributed by atoms with Crippen molar-refractivity contribution >= 4 is 23.9 Å². The number of carbonyl (C=O) groups excluding carboxylic acids is 4. The third-order valence-corrected chi connectivity index (χ3v) is 5.44. The summed E-state index contributed by atoms with van der Waals surface area (Å²) >= 11 is 0. The third kappa shape index (κ3) is 6.59. The molecular formula is C28H24O9. The smallest absolute Gasteiger partial charge is 0.340 e. The lowest BCUT2D eigenvalue weighted by Gasteiger charge is -2.23. The number of benzene rings is 3.